The van der Waals surface area contributed by atoms with E-state index < -0.39 is 0 Å². The first-order valence-electron chi connectivity index (χ1n) is 8.11. The molecule has 0 bridgehead atoms. The van der Waals surface area contributed by atoms with Crippen LogP contribution in [0.5, 0.6) is 5.75 Å². The normalized spacial score (nSPS) is 18.0. The standard InChI is InChI=1S/C17H25N3O/c1-2-3-4-8-15-17(20-12-10-18-11-13-20)14-7-5-6-9-16(14)21-19-15/h5-7,9,18-19H,2-4,8,10-13H2,1H3. The van der Waals surface area contributed by atoms with Gasteiger partial charge in [0.2, 0.25) is 0 Å². The zero-order chi connectivity index (χ0) is 14.5. The van der Waals surface area contributed by atoms with Crippen LogP contribution in [0, 0.1) is 0 Å². The zero-order valence-corrected chi connectivity index (χ0v) is 12.8. The van der Waals surface area contributed by atoms with Crippen LogP contribution in [0.3, 0.4) is 0 Å². The number of para-hydroxylation sites is 1. The van der Waals surface area contributed by atoms with Crippen molar-refractivity contribution in [3.05, 3.63) is 35.5 Å². The van der Waals surface area contributed by atoms with E-state index in [1.54, 1.807) is 0 Å². The molecule has 1 saturated heterocycles. The van der Waals surface area contributed by atoms with Crippen LogP contribution in [-0.4, -0.2) is 31.1 Å². The number of unbranched alkanes of at least 4 members (excludes halogenated alkanes) is 2. The van der Waals surface area contributed by atoms with Crippen LogP contribution < -0.4 is 15.6 Å². The van der Waals surface area contributed by atoms with Gasteiger partial charge in [0.05, 0.1) is 11.4 Å². The number of rotatable bonds is 5. The van der Waals surface area contributed by atoms with Crippen LogP contribution in [0.4, 0.5) is 0 Å². The molecule has 1 aromatic rings. The van der Waals surface area contributed by atoms with Crippen molar-refractivity contribution in [2.45, 2.75) is 32.6 Å². The van der Waals surface area contributed by atoms with Crippen molar-refractivity contribution in [1.82, 2.24) is 15.7 Å². The Morgan fingerprint density at radius 3 is 2.76 bits per heavy atom. The smallest absolute Gasteiger partial charge is 0.164 e. The van der Waals surface area contributed by atoms with Gasteiger partial charge in [-0.15, -0.1) is 0 Å². The highest BCUT2D eigenvalue weighted by atomic mass is 16.6. The molecule has 0 spiro atoms. The van der Waals surface area contributed by atoms with E-state index in [9.17, 15) is 0 Å². The number of nitrogens with one attached hydrogen (secondary N) is 2. The van der Waals surface area contributed by atoms with Gasteiger partial charge in [0.25, 0.3) is 0 Å². The predicted molar refractivity (Wildman–Crippen MR) is 85.7 cm³/mol. The molecule has 0 saturated carbocycles. The number of fused-ring (bicyclic) bond motifs is 1. The van der Waals surface area contributed by atoms with E-state index in [1.807, 2.05) is 12.1 Å². The van der Waals surface area contributed by atoms with E-state index in [0.29, 0.717) is 0 Å². The summed E-state index contributed by atoms with van der Waals surface area (Å²) in [6.45, 7) is 6.46. The van der Waals surface area contributed by atoms with Gasteiger partial charge in [0, 0.05) is 31.7 Å². The minimum absolute atomic E-state index is 0.935. The van der Waals surface area contributed by atoms with E-state index in [-0.39, 0.29) is 0 Å². The van der Waals surface area contributed by atoms with Gasteiger partial charge in [-0.05, 0) is 25.0 Å². The number of piperazine rings is 1. The maximum Gasteiger partial charge on any atom is 0.164 e. The van der Waals surface area contributed by atoms with Crippen LogP contribution in [0.2, 0.25) is 0 Å². The molecule has 21 heavy (non-hydrogen) atoms. The van der Waals surface area contributed by atoms with E-state index in [1.165, 1.54) is 36.2 Å². The largest absolute Gasteiger partial charge is 0.382 e. The van der Waals surface area contributed by atoms with Gasteiger partial charge in [-0.25, -0.2) is 5.48 Å². The third-order valence-corrected chi connectivity index (χ3v) is 4.18. The second-order valence-electron chi connectivity index (χ2n) is 5.72. The van der Waals surface area contributed by atoms with Crippen molar-refractivity contribution in [1.29, 1.82) is 0 Å². The lowest BCUT2D eigenvalue weighted by Gasteiger charge is -2.36. The molecular formula is C17H25N3O. The lowest BCUT2D eigenvalue weighted by molar-refractivity contribution is 0.209. The minimum Gasteiger partial charge on any atom is -0.382 e. The molecule has 2 heterocycles. The van der Waals surface area contributed by atoms with Crippen molar-refractivity contribution in [3.8, 4) is 5.75 Å². The lowest BCUT2D eigenvalue weighted by Crippen LogP contribution is -2.44. The van der Waals surface area contributed by atoms with E-state index >= 15 is 0 Å². The molecule has 2 N–H and O–H groups in total. The van der Waals surface area contributed by atoms with E-state index in [2.05, 4.69) is 34.8 Å². The Morgan fingerprint density at radius 2 is 1.95 bits per heavy atom. The zero-order valence-electron chi connectivity index (χ0n) is 12.8. The Hall–Kier alpha value is -1.68. The summed E-state index contributed by atoms with van der Waals surface area (Å²) < 4.78 is 0. The Labute approximate surface area is 127 Å². The average molecular weight is 287 g/mol. The maximum atomic E-state index is 5.74. The predicted octanol–water partition coefficient (Wildman–Crippen LogP) is 2.74. The Bertz CT molecular complexity index is 507. The highest BCUT2D eigenvalue weighted by Gasteiger charge is 2.25. The Morgan fingerprint density at radius 1 is 1.14 bits per heavy atom. The monoisotopic (exact) mass is 287 g/mol. The summed E-state index contributed by atoms with van der Waals surface area (Å²) in [6.07, 6.45) is 4.77. The molecule has 2 aliphatic rings. The third-order valence-electron chi connectivity index (χ3n) is 4.18. The fourth-order valence-corrected chi connectivity index (χ4v) is 3.05. The molecule has 0 amide bonds. The molecular weight excluding hydrogens is 262 g/mol. The van der Waals surface area contributed by atoms with Crippen LogP contribution in [0.1, 0.15) is 38.2 Å². The van der Waals surface area contributed by atoms with Gasteiger partial charge >= 0.3 is 0 Å². The molecule has 3 rings (SSSR count). The summed E-state index contributed by atoms with van der Waals surface area (Å²) in [4.78, 5) is 8.23. The summed E-state index contributed by atoms with van der Waals surface area (Å²) in [5, 5.41) is 3.43. The number of hydrogen-bond acceptors (Lipinski definition) is 4. The van der Waals surface area contributed by atoms with Crippen molar-refractivity contribution in [2.75, 3.05) is 26.2 Å². The Kier molecular flexibility index (Phi) is 4.65. The Balaban J connectivity index is 1.90. The molecule has 1 fully saturated rings. The second kappa shape index (κ2) is 6.85. The van der Waals surface area contributed by atoms with Crippen molar-refractivity contribution in [2.24, 2.45) is 0 Å². The molecule has 0 unspecified atom stereocenters. The van der Waals surface area contributed by atoms with Crippen molar-refractivity contribution in [3.63, 3.8) is 0 Å². The summed E-state index contributed by atoms with van der Waals surface area (Å²) in [5.41, 5.74) is 7.01. The van der Waals surface area contributed by atoms with Gasteiger partial charge in [0.15, 0.2) is 5.75 Å². The first-order chi connectivity index (χ1) is 10.4. The molecule has 1 aromatic carbocycles. The summed E-state index contributed by atoms with van der Waals surface area (Å²) in [6, 6.07) is 8.33. The van der Waals surface area contributed by atoms with Gasteiger partial charge in [-0.2, -0.15) is 0 Å². The van der Waals surface area contributed by atoms with E-state index in [0.717, 1.165) is 38.3 Å². The van der Waals surface area contributed by atoms with Crippen molar-refractivity contribution >= 4 is 5.70 Å². The third kappa shape index (κ3) is 3.16. The van der Waals surface area contributed by atoms with Crippen molar-refractivity contribution < 1.29 is 4.84 Å². The first kappa shape index (κ1) is 14.3. The molecule has 0 atom stereocenters. The molecule has 2 aliphatic heterocycles. The molecule has 0 radical (unpaired) electrons. The average Bonchev–Trinajstić information content (AvgIpc) is 2.55. The number of hydrogen-bond donors (Lipinski definition) is 2. The maximum absolute atomic E-state index is 5.74. The van der Waals surface area contributed by atoms with E-state index in [4.69, 9.17) is 4.84 Å². The highest BCUT2D eigenvalue weighted by molar-refractivity contribution is 5.73. The van der Waals surface area contributed by atoms with Gasteiger partial charge in [0.1, 0.15) is 0 Å². The summed E-state index contributed by atoms with van der Waals surface area (Å²) >= 11 is 0. The number of benzene rings is 1. The van der Waals surface area contributed by atoms with Crippen LogP contribution in [-0.2, 0) is 0 Å². The fraction of sp³-hybridized carbons (Fsp3) is 0.529. The van der Waals surface area contributed by atoms with Gasteiger partial charge in [-0.1, -0.05) is 31.9 Å². The lowest BCUT2D eigenvalue weighted by atomic mass is 10.0. The fourth-order valence-electron chi connectivity index (χ4n) is 3.05. The topological polar surface area (TPSA) is 36.5 Å². The number of hydroxylamine groups is 1. The summed E-state index contributed by atoms with van der Waals surface area (Å²) in [5.74, 6) is 0.935. The molecule has 114 valence electrons. The van der Waals surface area contributed by atoms with Crippen LogP contribution >= 0.6 is 0 Å². The molecule has 0 aromatic heterocycles. The van der Waals surface area contributed by atoms with Crippen LogP contribution in [0.25, 0.3) is 5.70 Å². The minimum atomic E-state index is 0.935. The molecule has 4 nitrogen and oxygen atoms in total. The first-order valence-corrected chi connectivity index (χ1v) is 8.11. The molecule has 4 heteroatoms. The molecule has 0 aliphatic carbocycles. The van der Waals surface area contributed by atoms with Crippen LogP contribution in [0.15, 0.2) is 30.0 Å². The quantitative estimate of drug-likeness (QED) is 0.817. The second-order valence-corrected chi connectivity index (χ2v) is 5.72. The number of allylic oxidation sites excluding steroid dienone is 1. The number of nitrogens with zero attached hydrogens (tertiary/aromatic N) is 1. The van der Waals surface area contributed by atoms with Gasteiger partial charge in [-0.3, -0.25) is 0 Å². The van der Waals surface area contributed by atoms with Gasteiger partial charge < -0.3 is 15.1 Å². The highest BCUT2D eigenvalue weighted by Crippen LogP contribution is 2.35. The summed E-state index contributed by atoms with van der Waals surface area (Å²) in [7, 11) is 0. The SMILES string of the molecule is CCCCCC1=C(N2CCNCC2)c2ccccc2ON1.